The highest BCUT2D eigenvalue weighted by Gasteiger charge is 2.42. The minimum atomic E-state index is -0.478. The third kappa shape index (κ3) is 2.69. The van der Waals surface area contributed by atoms with Crippen LogP contribution in [0, 0.1) is 20.8 Å². The van der Waals surface area contributed by atoms with Crippen LogP contribution in [0.5, 0.6) is 0 Å². The lowest BCUT2D eigenvalue weighted by Gasteiger charge is -2.25. The molecular weight excluding hydrogens is 334 g/mol. The van der Waals surface area contributed by atoms with Crippen LogP contribution in [0.15, 0.2) is 6.07 Å². The Bertz CT molecular complexity index is 906. The van der Waals surface area contributed by atoms with E-state index in [-0.39, 0.29) is 12.0 Å². The number of nitrogens with zero attached hydrogens (tertiary/aromatic N) is 4. The summed E-state index contributed by atoms with van der Waals surface area (Å²) in [5.41, 5.74) is 3.20. The first-order valence-corrected chi connectivity index (χ1v) is 8.98. The van der Waals surface area contributed by atoms with Crippen molar-refractivity contribution < 1.29 is 14.3 Å². The average Bonchev–Trinajstić information content (AvgIpc) is 3.02. The largest absolute Gasteiger partial charge is 0.441 e. The van der Waals surface area contributed by atoms with Crippen LogP contribution in [0.25, 0.3) is 5.65 Å². The number of hydrogen-bond acceptors (Lipinski definition) is 5. The molecule has 2 saturated heterocycles. The Morgan fingerprint density at radius 2 is 2.08 bits per heavy atom. The van der Waals surface area contributed by atoms with Gasteiger partial charge < -0.3 is 15.0 Å². The van der Waals surface area contributed by atoms with Crippen LogP contribution in [0.4, 0.5) is 4.79 Å². The van der Waals surface area contributed by atoms with Crippen molar-refractivity contribution in [1.82, 2.24) is 24.8 Å². The molecule has 2 aromatic rings. The van der Waals surface area contributed by atoms with E-state index in [9.17, 15) is 9.59 Å². The number of carbonyl (C=O) groups excluding carboxylic acids is 2. The zero-order chi connectivity index (χ0) is 18.5. The molecule has 0 aliphatic carbocycles. The van der Waals surface area contributed by atoms with Crippen molar-refractivity contribution in [2.75, 3.05) is 19.6 Å². The monoisotopic (exact) mass is 357 g/mol. The second-order valence-electron chi connectivity index (χ2n) is 7.31. The van der Waals surface area contributed by atoms with Crippen LogP contribution in [0.3, 0.4) is 0 Å². The molecule has 0 unspecified atom stereocenters. The molecule has 8 heteroatoms. The molecule has 0 bridgehead atoms. The first-order chi connectivity index (χ1) is 12.4. The van der Waals surface area contributed by atoms with Gasteiger partial charge in [0.1, 0.15) is 11.2 Å². The lowest BCUT2D eigenvalue weighted by molar-refractivity contribution is 0.0439. The van der Waals surface area contributed by atoms with Crippen LogP contribution >= 0.6 is 0 Å². The van der Waals surface area contributed by atoms with Gasteiger partial charge in [-0.25, -0.2) is 14.3 Å². The van der Waals surface area contributed by atoms with Crippen molar-refractivity contribution in [3.8, 4) is 0 Å². The van der Waals surface area contributed by atoms with E-state index in [1.54, 1.807) is 4.52 Å². The van der Waals surface area contributed by atoms with Gasteiger partial charge in [0.2, 0.25) is 0 Å². The number of ether oxygens (including phenoxy) is 1. The van der Waals surface area contributed by atoms with Crippen LogP contribution in [-0.2, 0) is 4.74 Å². The van der Waals surface area contributed by atoms with Gasteiger partial charge in [-0.2, -0.15) is 5.10 Å². The molecule has 2 amide bonds. The van der Waals surface area contributed by atoms with E-state index < -0.39 is 5.60 Å². The summed E-state index contributed by atoms with van der Waals surface area (Å²) in [7, 11) is 0. The highest BCUT2D eigenvalue weighted by Crippen LogP contribution is 2.30. The molecule has 0 aromatic carbocycles. The molecule has 138 valence electrons. The summed E-state index contributed by atoms with van der Waals surface area (Å²) >= 11 is 0. The molecule has 2 aliphatic heterocycles. The molecular formula is C18H23N5O3. The number of hydrogen-bond donors (Lipinski definition) is 1. The highest BCUT2D eigenvalue weighted by atomic mass is 16.6. The summed E-state index contributed by atoms with van der Waals surface area (Å²) in [6, 6.07) is 1.95. The van der Waals surface area contributed by atoms with Crippen molar-refractivity contribution in [2.24, 2.45) is 0 Å². The van der Waals surface area contributed by atoms with Gasteiger partial charge in [-0.15, -0.1) is 0 Å². The Labute approximate surface area is 151 Å². The van der Waals surface area contributed by atoms with E-state index in [0.29, 0.717) is 43.0 Å². The maximum Gasteiger partial charge on any atom is 0.407 e. The lowest BCUT2D eigenvalue weighted by atomic mass is 9.95. The van der Waals surface area contributed by atoms with Crippen LogP contribution < -0.4 is 5.32 Å². The zero-order valence-electron chi connectivity index (χ0n) is 15.3. The van der Waals surface area contributed by atoms with Crippen molar-refractivity contribution in [2.45, 2.75) is 45.6 Å². The standard InChI is InChI=1S/C18H23N5O3/c1-11-9-12(2)23-15(20-11)14(13(3)21-23)16(24)22-7-4-5-18(6-8-22)10-19-17(25)26-18/h9H,4-8,10H2,1-3H3,(H,19,25)/t18-/m0/s1. The van der Waals surface area contributed by atoms with Gasteiger partial charge in [0.15, 0.2) is 5.65 Å². The fourth-order valence-corrected chi connectivity index (χ4v) is 3.99. The first-order valence-electron chi connectivity index (χ1n) is 8.98. The first kappa shape index (κ1) is 16.8. The number of amides is 2. The van der Waals surface area contributed by atoms with Gasteiger partial charge in [0, 0.05) is 30.9 Å². The molecule has 2 aromatic heterocycles. The lowest BCUT2D eigenvalue weighted by Crippen LogP contribution is -2.36. The second-order valence-corrected chi connectivity index (χ2v) is 7.31. The summed E-state index contributed by atoms with van der Waals surface area (Å²) in [6.07, 6.45) is 1.84. The van der Waals surface area contributed by atoms with Gasteiger partial charge in [-0.3, -0.25) is 4.79 Å². The molecule has 1 N–H and O–H groups in total. The number of nitrogens with one attached hydrogen (secondary N) is 1. The number of alkyl carbamates (subject to hydrolysis) is 1. The van der Waals surface area contributed by atoms with E-state index >= 15 is 0 Å². The highest BCUT2D eigenvalue weighted by molar-refractivity contribution is 6.01. The fourth-order valence-electron chi connectivity index (χ4n) is 3.99. The Morgan fingerprint density at radius 1 is 1.27 bits per heavy atom. The average molecular weight is 357 g/mol. The Morgan fingerprint density at radius 3 is 2.81 bits per heavy atom. The van der Waals surface area contributed by atoms with E-state index in [1.807, 2.05) is 31.7 Å². The zero-order valence-corrected chi connectivity index (χ0v) is 15.3. The van der Waals surface area contributed by atoms with Crippen LogP contribution in [0.1, 0.15) is 46.7 Å². The SMILES string of the molecule is Cc1cc(C)n2nc(C)c(C(=O)N3CCC[C@]4(CC3)CNC(=O)O4)c2n1. The molecule has 2 aliphatic rings. The van der Waals surface area contributed by atoms with Crippen LogP contribution in [-0.4, -0.2) is 56.7 Å². The van der Waals surface area contributed by atoms with Gasteiger partial charge in [0.25, 0.3) is 5.91 Å². The summed E-state index contributed by atoms with van der Waals surface area (Å²) in [5, 5.41) is 7.24. The number of rotatable bonds is 1. The molecule has 1 spiro atoms. The number of aryl methyl sites for hydroxylation is 3. The van der Waals surface area contributed by atoms with Crippen molar-refractivity contribution >= 4 is 17.6 Å². The topological polar surface area (TPSA) is 88.8 Å². The molecule has 4 heterocycles. The molecule has 1 atom stereocenters. The fraction of sp³-hybridized carbons (Fsp3) is 0.556. The normalized spacial score (nSPS) is 23.2. The number of likely N-dealkylation sites (tertiary alicyclic amines) is 1. The number of aromatic nitrogens is 3. The maximum atomic E-state index is 13.2. The van der Waals surface area contributed by atoms with E-state index in [1.165, 1.54) is 0 Å². The number of carbonyl (C=O) groups is 2. The second kappa shape index (κ2) is 5.96. The minimum absolute atomic E-state index is 0.0515. The Kier molecular flexibility index (Phi) is 3.86. The number of fused-ring (bicyclic) bond motifs is 1. The quantitative estimate of drug-likeness (QED) is 0.840. The predicted octanol–water partition coefficient (Wildman–Crippen LogP) is 1.76. The third-order valence-electron chi connectivity index (χ3n) is 5.33. The van der Waals surface area contributed by atoms with Gasteiger partial charge in [-0.1, -0.05) is 0 Å². The third-order valence-corrected chi connectivity index (χ3v) is 5.33. The summed E-state index contributed by atoms with van der Waals surface area (Å²) < 4.78 is 7.23. The maximum absolute atomic E-state index is 13.2. The summed E-state index contributed by atoms with van der Waals surface area (Å²) in [4.78, 5) is 31.1. The van der Waals surface area contributed by atoms with E-state index in [0.717, 1.165) is 24.2 Å². The van der Waals surface area contributed by atoms with Gasteiger partial charge in [-0.05, 0) is 39.7 Å². The minimum Gasteiger partial charge on any atom is -0.441 e. The Hall–Kier alpha value is -2.64. The smallest absolute Gasteiger partial charge is 0.407 e. The molecule has 26 heavy (non-hydrogen) atoms. The summed E-state index contributed by atoms with van der Waals surface area (Å²) in [6.45, 7) is 7.43. The van der Waals surface area contributed by atoms with E-state index in [4.69, 9.17) is 4.74 Å². The van der Waals surface area contributed by atoms with Crippen LogP contribution in [0.2, 0.25) is 0 Å². The van der Waals surface area contributed by atoms with Crippen molar-refractivity contribution in [3.63, 3.8) is 0 Å². The van der Waals surface area contributed by atoms with Crippen molar-refractivity contribution in [3.05, 3.63) is 28.7 Å². The molecule has 0 radical (unpaired) electrons. The summed E-state index contributed by atoms with van der Waals surface area (Å²) in [5.74, 6) is -0.0515. The Balaban J connectivity index is 1.63. The van der Waals surface area contributed by atoms with Gasteiger partial charge >= 0.3 is 6.09 Å². The predicted molar refractivity (Wildman–Crippen MR) is 94.2 cm³/mol. The van der Waals surface area contributed by atoms with Crippen molar-refractivity contribution in [1.29, 1.82) is 0 Å². The molecule has 0 saturated carbocycles. The molecule has 2 fully saturated rings. The molecule has 4 rings (SSSR count). The van der Waals surface area contributed by atoms with E-state index in [2.05, 4.69) is 15.4 Å². The van der Waals surface area contributed by atoms with Gasteiger partial charge in [0.05, 0.1) is 12.2 Å². The molecule has 8 nitrogen and oxygen atoms in total.